The van der Waals surface area contributed by atoms with Crippen molar-refractivity contribution in [2.75, 3.05) is 18.0 Å². The largest absolute Gasteiger partial charge is 1.00 e. The molecule has 0 atom stereocenters. The van der Waals surface area contributed by atoms with Crippen LogP contribution in [0.1, 0.15) is 44.4 Å². The van der Waals surface area contributed by atoms with Crippen LogP contribution in [0.25, 0.3) is 6.08 Å². The molecule has 0 unspecified atom stereocenters. The van der Waals surface area contributed by atoms with E-state index < -0.39 is 46.6 Å². The lowest BCUT2D eigenvalue weighted by atomic mass is 9.81. The molecule has 0 N–H and O–H groups in total. The zero-order chi connectivity index (χ0) is 26.2. The first kappa shape index (κ1) is 28.8. The lowest BCUT2D eigenvalue weighted by Crippen LogP contribution is -3.00. The lowest BCUT2D eigenvalue weighted by Gasteiger charge is -2.20. The molecule has 2 nitrogen and oxygen atoms in total. The van der Waals surface area contributed by atoms with Crippen molar-refractivity contribution in [3.63, 3.8) is 0 Å². The van der Waals surface area contributed by atoms with Gasteiger partial charge in [-0.3, -0.25) is 0 Å². The van der Waals surface area contributed by atoms with Gasteiger partial charge in [0.05, 0.1) is 11.0 Å². The second-order valence-electron chi connectivity index (χ2n) is 9.26. The van der Waals surface area contributed by atoms with Gasteiger partial charge in [0.1, 0.15) is 0 Å². The van der Waals surface area contributed by atoms with Gasteiger partial charge in [-0.2, -0.15) is 4.58 Å². The SMILES string of the molecule is CCN(CC)c1ccc(C=CC2=[N+](Cc3c(F)c(F)c(F)c(F)c3F)c3ccccc3C2(C)C)cc1.[I-]. The second-order valence-corrected chi connectivity index (χ2v) is 9.26. The van der Waals surface area contributed by atoms with Crippen molar-refractivity contribution < 1.29 is 50.5 Å². The molecular formula is C29H28F5IN2. The number of rotatable bonds is 7. The number of allylic oxidation sites excluding steroid dienone is 1. The fourth-order valence-electron chi connectivity index (χ4n) is 4.82. The van der Waals surface area contributed by atoms with Crippen LogP contribution in [0, 0.1) is 29.1 Å². The van der Waals surface area contributed by atoms with Gasteiger partial charge in [0.2, 0.25) is 11.5 Å². The van der Waals surface area contributed by atoms with E-state index in [0.717, 1.165) is 29.9 Å². The molecule has 0 spiro atoms. The first-order valence-electron chi connectivity index (χ1n) is 11.9. The molecule has 0 radical (unpaired) electrons. The van der Waals surface area contributed by atoms with Crippen LogP contribution in [0.4, 0.5) is 33.3 Å². The smallest absolute Gasteiger partial charge is 0.210 e. The molecule has 0 aliphatic carbocycles. The molecule has 0 saturated carbocycles. The molecule has 0 fully saturated rings. The maximum atomic E-state index is 14.6. The number of anilines is 1. The standard InChI is InChI=1S/C29H28F5N2.HI/c1-5-35(6-2)19-14-11-18(12-15-19)13-16-23-29(3,4)21-9-7-8-10-22(21)36(23)17-20-24(30)26(32)28(34)27(33)25(20)31;/h7-16H,5-6,17H2,1-4H3;1H/q+1;/p-1. The van der Waals surface area contributed by atoms with Gasteiger partial charge >= 0.3 is 0 Å². The summed E-state index contributed by atoms with van der Waals surface area (Å²) < 4.78 is 72.3. The summed E-state index contributed by atoms with van der Waals surface area (Å²) in [6.45, 7) is 9.39. The third-order valence-electron chi connectivity index (χ3n) is 6.87. The molecule has 1 aliphatic rings. The minimum Gasteiger partial charge on any atom is -1.00 e. The average molecular weight is 626 g/mol. The summed E-state index contributed by atoms with van der Waals surface area (Å²) in [6, 6.07) is 15.3. The molecule has 4 rings (SSSR count). The van der Waals surface area contributed by atoms with Crippen molar-refractivity contribution in [3.8, 4) is 0 Å². The molecule has 37 heavy (non-hydrogen) atoms. The number of fused-ring (bicyclic) bond motifs is 1. The highest BCUT2D eigenvalue weighted by atomic mass is 127. The molecule has 0 bridgehead atoms. The van der Waals surface area contributed by atoms with Gasteiger partial charge in [0.25, 0.3) is 0 Å². The molecule has 3 aromatic rings. The van der Waals surface area contributed by atoms with Crippen LogP contribution >= 0.6 is 0 Å². The number of hydrogen-bond donors (Lipinski definition) is 0. The summed E-state index contributed by atoms with van der Waals surface area (Å²) in [6.07, 6.45) is 3.74. The Kier molecular flexibility index (Phi) is 8.82. The molecule has 196 valence electrons. The van der Waals surface area contributed by atoms with E-state index in [1.165, 1.54) is 0 Å². The predicted molar refractivity (Wildman–Crippen MR) is 133 cm³/mol. The highest BCUT2D eigenvalue weighted by Crippen LogP contribution is 2.41. The van der Waals surface area contributed by atoms with Crippen LogP contribution in [0.5, 0.6) is 0 Å². The van der Waals surface area contributed by atoms with Gasteiger partial charge in [-0.1, -0.05) is 30.3 Å². The monoisotopic (exact) mass is 626 g/mol. The van der Waals surface area contributed by atoms with Crippen LogP contribution in [0.2, 0.25) is 0 Å². The van der Waals surface area contributed by atoms with E-state index >= 15 is 0 Å². The minimum atomic E-state index is -2.16. The molecule has 0 saturated heterocycles. The maximum Gasteiger partial charge on any atom is 0.210 e. The second kappa shape index (κ2) is 11.3. The number of para-hydroxylation sites is 1. The summed E-state index contributed by atoms with van der Waals surface area (Å²) in [5.41, 5.74) is 2.81. The quantitative estimate of drug-likeness (QED) is 0.123. The number of halogens is 6. The summed E-state index contributed by atoms with van der Waals surface area (Å²) in [5.74, 6) is -9.68. The van der Waals surface area contributed by atoms with E-state index in [-0.39, 0.29) is 24.0 Å². The van der Waals surface area contributed by atoms with E-state index in [2.05, 4.69) is 18.7 Å². The summed E-state index contributed by atoms with van der Waals surface area (Å²) in [5, 5.41) is 0. The van der Waals surface area contributed by atoms with Gasteiger partial charge < -0.3 is 28.9 Å². The normalized spacial score (nSPS) is 14.2. The highest BCUT2D eigenvalue weighted by Gasteiger charge is 2.45. The van der Waals surface area contributed by atoms with Crippen LogP contribution in [0.3, 0.4) is 0 Å². The lowest BCUT2D eigenvalue weighted by molar-refractivity contribution is -0.455. The first-order chi connectivity index (χ1) is 17.1. The molecule has 1 aliphatic heterocycles. The topological polar surface area (TPSA) is 6.25 Å². The van der Waals surface area contributed by atoms with Gasteiger partial charge in [0, 0.05) is 36.5 Å². The van der Waals surface area contributed by atoms with Gasteiger partial charge in [-0.15, -0.1) is 0 Å². The summed E-state index contributed by atoms with van der Waals surface area (Å²) in [7, 11) is 0. The van der Waals surface area contributed by atoms with Crippen molar-refractivity contribution in [2.45, 2.75) is 39.7 Å². The zero-order valence-corrected chi connectivity index (χ0v) is 23.2. The van der Waals surface area contributed by atoms with Crippen LogP contribution in [-0.2, 0) is 12.0 Å². The Balaban J connectivity index is 0.00000380. The maximum absolute atomic E-state index is 14.6. The van der Waals surface area contributed by atoms with Crippen molar-refractivity contribution in [1.82, 2.24) is 0 Å². The summed E-state index contributed by atoms with van der Waals surface area (Å²) in [4.78, 5) is 2.23. The molecule has 1 heterocycles. The summed E-state index contributed by atoms with van der Waals surface area (Å²) >= 11 is 0. The molecule has 8 heteroatoms. The Morgan fingerprint density at radius 3 is 1.86 bits per heavy atom. The fourth-order valence-corrected chi connectivity index (χ4v) is 4.82. The molecule has 3 aromatic carbocycles. The number of benzene rings is 3. The number of nitrogens with zero attached hydrogens (tertiary/aromatic N) is 2. The van der Waals surface area contributed by atoms with E-state index in [4.69, 9.17) is 0 Å². The first-order valence-corrected chi connectivity index (χ1v) is 11.9. The van der Waals surface area contributed by atoms with Crippen LogP contribution < -0.4 is 28.9 Å². The van der Waals surface area contributed by atoms with Gasteiger partial charge in [-0.05, 0) is 51.5 Å². The molecular weight excluding hydrogens is 598 g/mol. The fraction of sp³-hybridized carbons (Fsp3) is 0.276. The van der Waals surface area contributed by atoms with Crippen molar-refractivity contribution >= 4 is 23.2 Å². The van der Waals surface area contributed by atoms with Crippen molar-refractivity contribution in [2.24, 2.45) is 0 Å². The van der Waals surface area contributed by atoms with Gasteiger partial charge in [-0.25, -0.2) is 22.0 Å². The van der Waals surface area contributed by atoms with E-state index in [1.54, 1.807) is 16.7 Å². The molecule has 0 amide bonds. The predicted octanol–water partition coefficient (Wildman–Crippen LogP) is 4.52. The Labute approximate surface area is 231 Å². The minimum absolute atomic E-state index is 0. The Morgan fingerprint density at radius 1 is 0.757 bits per heavy atom. The van der Waals surface area contributed by atoms with Crippen molar-refractivity contribution in [1.29, 1.82) is 0 Å². The highest BCUT2D eigenvalue weighted by molar-refractivity contribution is 6.05. The molecule has 0 aromatic heterocycles. The van der Waals surface area contributed by atoms with E-state index in [0.29, 0.717) is 11.4 Å². The third-order valence-corrected chi connectivity index (χ3v) is 6.87. The van der Waals surface area contributed by atoms with Gasteiger partial charge in [0.15, 0.2) is 35.5 Å². The van der Waals surface area contributed by atoms with Crippen LogP contribution in [-0.4, -0.2) is 23.4 Å². The van der Waals surface area contributed by atoms with Crippen molar-refractivity contribution in [3.05, 3.63) is 100 Å². The third kappa shape index (κ3) is 5.17. The average Bonchev–Trinajstić information content (AvgIpc) is 3.10. The Morgan fingerprint density at radius 2 is 1.30 bits per heavy atom. The van der Waals surface area contributed by atoms with E-state index in [1.807, 2.05) is 62.4 Å². The van der Waals surface area contributed by atoms with Crippen LogP contribution in [0.15, 0.2) is 54.6 Å². The Hall–Kier alpha value is -2.75. The number of hydrogen-bond acceptors (Lipinski definition) is 1. The Bertz CT molecular complexity index is 1330. The van der Waals surface area contributed by atoms with E-state index in [9.17, 15) is 22.0 Å². The zero-order valence-electron chi connectivity index (χ0n) is 21.1.